The molecule has 2 unspecified atom stereocenters. The van der Waals surface area contributed by atoms with Crippen LogP contribution in [0.1, 0.15) is 23.1 Å². The van der Waals surface area contributed by atoms with Crippen molar-refractivity contribution in [2.45, 2.75) is 19.3 Å². The molecule has 1 saturated carbocycles. The highest BCUT2D eigenvalue weighted by molar-refractivity contribution is 6.09. The maximum absolute atomic E-state index is 11.5. The van der Waals surface area contributed by atoms with Crippen molar-refractivity contribution in [3.8, 4) is 0 Å². The summed E-state index contributed by atoms with van der Waals surface area (Å²) in [5.41, 5.74) is 7.79. The van der Waals surface area contributed by atoms with Gasteiger partial charge in [0, 0.05) is 11.8 Å². The monoisotopic (exact) mass is 255 g/mol. The second-order valence-corrected chi connectivity index (χ2v) is 5.66. The minimum atomic E-state index is 0.0905. The van der Waals surface area contributed by atoms with Gasteiger partial charge in [-0.15, -0.1) is 0 Å². The van der Waals surface area contributed by atoms with Gasteiger partial charge in [0.1, 0.15) is 0 Å². The molecule has 19 heavy (non-hydrogen) atoms. The fourth-order valence-corrected chi connectivity index (χ4v) is 3.18. The van der Waals surface area contributed by atoms with Gasteiger partial charge in [0.05, 0.1) is 5.71 Å². The van der Waals surface area contributed by atoms with Crippen molar-refractivity contribution in [2.24, 2.45) is 16.9 Å². The van der Waals surface area contributed by atoms with Crippen LogP contribution in [0.5, 0.6) is 0 Å². The Kier molecular flexibility index (Phi) is 2.45. The van der Waals surface area contributed by atoms with Gasteiger partial charge in [-0.05, 0) is 55.1 Å². The summed E-state index contributed by atoms with van der Waals surface area (Å²) in [5, 5.41) is 7.71. The number of carbonyl (C=O) groups excluding carboxylic acids is 1. The molecular weight excluding hydrogens is 238 g/mol. The average Bonchev–Trinajstić information content (AvgIpc) is 3.22. The summed E-state index contributed by atoms with van der Waals surface area (Å²) in [6, 6.07) is 6.66. The van der Waals surface area contributed by atoms with Gasteiger partial charge in [0.2, 0.25) is 5.91 Å². The molecule has 98 valence electrons. The number of nitrogens with zero attached hydrogens (tertiary/aromatic N) is 1. The molecule has 2 atom stereocenters. The number of rotatable bonds is 1. The zero-order valence-corrected chi connectivity index (χ0v) is 10.8. The fraction of sp³-hybridized carbons (Fsp3) is 0.467. The van der Waals surface area contributed by atoms with Crippen molar-refractivity contribution in [3.05, 3.63) is 34.9 Å². The van der Waals surface area contributed by atoms with E-state index in [1.54, 1.807) is 0 Å². The SMILES string of the molecule is O=C1NN=C(c2ccc3c(c2)CCNCC3)C2CC12. The lowest BCUT2D eigenvalue weighted by atomic mass is 9.96. The molecule has 2 aliphatic heterocycles. The van der Waals surface area contributed by atoms with Crippen LogP contribution in [-0.2, 0) is 17.6 Å². The van der Waals surface area contributed by atoms with Gasteiger partial charge < -0.3 is 5.32 Å². The third kappa shape index (κ3) is 1.87. The van der Waals surface area contributed by atoms with Gasteiger partial charge in [0.25, 0.3) is 0 Å². The van der Waals surface area contributed by atoms with E-state index >= 15 is 0 Å². The summed E-state index contributed by atoms with van der Waals surface area (Å²) in [6.07, 6.45) is 3.14. The molecule has 1 fully saturated rings. The number of hydrogen-bond donors (Lipinski definition) is 2. The first-order valence-electron chi connectivity index (χ1n) is 7.03. The average molecular weight is 255 g/mol. The Balaban J connectivity index is 1.69. The van der Waals surface area contributed by atoms with Crippen LogP contribution >= 0.6 is 0 Å². The molecule has 4 rings (SSSR count). The number of hydrogen-bond acceptors (Lipinski definition) is 3. The predicted octanol–water partition coefficient (Wildman–Crippen LogP) is 0.845. The van der Waals surface area contributed by atoms with E-state index in [9.17, 15) is 4.79 Å². The number of carbonyl (C=O) groups is 1. The third-order valence-electron chi connectivity index (χ3n) is 4.41. The normalized spacial score (nSPS) is 28.6. The Bertz CT molecular complexity index is 579. The quantitative estimate of drug-likeness (QED) is 0.781. The summed E-state index contributed by atoms with van der Waals surface area (Å²) in [6.45, 7) is 2.11. The first-order valence-corrected chi connectivity index (χ1v) is 7.03. The van der Waals surface area contributed by atoms with Gasteiger partial charge in [-0.3, -0.25) is 4.79 Å². The Labute approximate surface area is 112 Å². The number of nitrogens with one attached hydrogen (secondary N) is 2. The van der Waals surface area contributed by atoms with Gasteiger partial charge in [0.15, 0.2) is 0 Å². The van der Waals surface area contributed by atoms with E-state index in [0.717, 1.165) is 38.1 Å². The van der Waals surface area contributed by atoms with Gasteiger partial charge in [-0.2, -0.15) is 5.10 Å². The van der Waals surface area contributed by atoms with Crippen LogP contribution in [-0.4, -0.2) is 24.7 Å². The van der Waals surface area contributed by atoms with Crippen molar-refractivity contribution < 1.29 is 4.79 Å². The van der Waals surface area contributed by atoms with Gasteiger partial charge in [-0.25, -0.2) is 5.43 Å². The lowest BCUT2D eigenvalue weighted by Gasteiger charge is -2.14. The molecule has 2 heterocycles. The summed E-state index contributed by atoms with van der Waals surface area (Å²) in [5.74, 6) is 0.622. The summed E-state index contributed by atoms with van der Waals surface area (Å²) < 4.78 is 0. The van der Waals surface area contributed by atoms with Gasteiger partial charge >= 0.3 is 0 Å². The van der Waals surface area contributed by atoms with E-state index in [4.69, 9.17) is 0 Å². The molecule has 0 aromatic heterocycles. The van der Waals surface area contributed by atoms with Crippen molar-refractivity contribution in [1.29, 1.82) is 0 Å². The van der Waals surface area contributed by atoms with E-state index in [1.807, 2.05) is 0 Å². The number of fused-ring (bicyclic) bond motifs is 2. The first kappa shape index (κ1) is 11.2. The molecule has 1 amide bonds. The zero-order chi connectivity index (χ0) is 12.8. The smallest absolute Gasteiger partial charge is 0.243 e. The number of benzene rings is 1. The Morgan fingerprint density at radius 1 is 1.11 bits per heavy atom. The lowest BCUT2D eigenvalue weighted by Crippen LogP contribution is -2.28. The van der Waals surface area contributed by atoms with E-state index < -0.39 is 0 Å². The highest BCUT2D eigenvalue weighted by Gasteiger charge is 2.49. The van der Waals surface area contributed by atoms with Gasteiger partial charge in [-0.1, -0.05) is 12.1 Å². The molecule has 0 saturated heterocycles. The molecule has 0 bridgehead atoms. The van der Waals surface area contributed by atoms with E-state index in [1.165, 1.54) is 16.7 Å². The minimum Gasteiger partial charge on any atom is -0.316 e. The second kappa shape index (κ2) is 4.17. The maximum Gasteiger partial charge on any atom is 0.243 e. The maximum atomic E-state index is 11.5. The molecule has 1 aromatic rings. The van der Waals surface area contributed by atoms with E-state index in [-0.39, 0.29) is 11.8 Å². The molecular formula is C15H17N3O. The molecule has 1 aromatic carbocycles. The molecule has 0 spiro atoms. The largest absolute Gasteiger partial charge is 0.316 e. The van der Waals surface area contributed by atoms with E-state index in [0.29, 0.717) is 5.92 Å². The molecule has 4 heteroatoms. The van der Waals surface area contributed by atoms with Crippen LogP contribution in [0.3, 0.4) is 0 Å². The minimum absolute atomic E-state index is 0.0905. The van der Waals surface area contributed by atoms with E-state index in [2.05, 4.69) is 34.0 Å². The highest BCUT2D eigenvalue weighted by atomic mass is 16.2. The predicted molar refractivity (Wildman–Crippen MR) is 73.0 cm³/mol. The Morgan fingerprint density at radius 2 is 1.95 bits per heavy atom. The summed E-state index contributed by atoms with van der Waals surface area (Å²) in [7, 11) is 0. The standard InChI is InChI=1S/C15H17N3O/c19-15-13-8-12(13)14(17-18-15)11-2-1-9-3-5-16-6-4-10(9)7-11/h1-2,7,12-13,16H,3-6,8H2,(H,18,19). The number of hydrazone groups is 1. The summed E-state index contributed by atoms with van der Waals surface area (Å²) >= 11 is 0. The van der Waals surface area contributed by atoms with Crippen LogP contribution in [0.4, 0.5) is 0 Å². The van der Waals surface area contributed by atoms with Crippen LogP contribution in [0.25, 0.3) is 0 Å². The van der Waals surface area contributed by atoms with Crippen LogP contribution in [0, 0.1) is 11.8 Å². The first-order chi connectivity index (χ1) is 9.33. The topological polar surface area (TPSA) is 53.5 Å². The molecule has 3 aliphatic rings. The van der Waals surface area contributed by atoms with Crippen molar-refractivity contribution in [3.63, 3.8) is 0 Å². The molecule has 2 N–H and O–H groups in total. The van der Waals surface area contributed by atoms with Crippen molar-refractivity contribution >= 4 is 11.6 Å². The molecule has 1 aliphatic carbocycles. The lowest BCUT2D eigenvalue weighted by molar-refractivity contribution is -0.122. The Hall–Kier alpha value is -1.68. The van der Waals surface area contributed by atoms with Crippen LogP contribution < -0.4 is 10.7 Å². The van der Waals surface area contributed by atoms with Crippen molar-refractivity contribution in [1.82, 2.24) is 10.7 Å². The van der Waals surface area contributed by atoms with Crippen molar-refractivity contribution in [2.75, 3.05) is 13.1 Å². The van der Waals surface area contributed by atoms with Crippen LogP contribution in [0.2, 0.25) is 0 Å². The second-order valence-electron chi connectivity index (χ2n) is 5.66. The highest BCUT2D eigenvalue weighted by Crippen LogP contribution is 2.43. The number of amides is 1. The molecule has 4 nitrogen and oxygen atoms in total. The zero-order valence-electron chi connectivity index (χ0n) is 10.8. The fourth-order valence-electron chi connectivity index (χ4n) is 3.18. The summed E-state index contributed by atoms with van der Waals surface area (Å²) in [4.78, 5) is 11.5. The molecule has 0 radical (unpaired) electrons. The Morgan fingerprint density at radius 3 is 2.84 bits per heavy atom. The third-order valence-corrected chi connectivity index (χ3v) is 4.41. The van der Waals surface area contributed by atoms with Crippen LogP contribution in [0.15, 0.2) is 23.3 Å².